The maximum Gasteiger partial charge on any atom is 0.310 e. The number of nitrogens with one attached hydrogen (secondary N) is 1. The summed E-state index contributed by atoms with van der Waals surface area (Å²) in [5.41, 5.74) is 0.630. The molecule has 0 saturated carbocycles. The zero-order valence-electron chi connectivity index (χ0n) is 12.2. The lowest BCUT2D eigenvalue weighted by Gasteiger charge is -2.15. The van der Waals surface area contributed by atoms with E-state index in [9.17, 15) is 14.4 Å². The van der Waals surface area contributed by atoms with E-state index in [0.717, 1.165) is 0 Å². The molecule has 0 aliphatic rings. The molecule has 6 nitrogen and oxygen atoms in total. The van der Waals surface area contributed by atoms with Crippen LogP contribution in [-0.2, 0) is 25.5 Å². The quantitative estimate of drug-likeness (QED) is 0.787. The van der Waals surface area contributed by atoms with Crippen LogP contribution in [0.3, 0.4) is 0 Å². The molecular weight excluding hydrogens is 331 g/mol. The second kappa shape index (κ2) is 8.60. The highest BCUT2D eigenvalue weighted by Gasteiger charge is 2.15. The zero-order valence-corrected chi connectivity index (χ0v) is 13.7. The lowest BCUT2D eigenvalue weighted by Crippen LogP contribution is -2.39. The molecule has 0 aliphatic carbocycles. The molecule has 1 aromatic carbocycles. The summed E-state index contributed by atoms with van der Waals surface area (Å²) in [6, 6.07) is 4.79. The maximum absolute atomic E-state index is 11.7. The summed E-state index contributed by atoms with van der Waals surface area (Å²) in [5.74, 6) is -1.34. The smallest absolute Gasteiger partial charge is 0.310 e. The molecule has 0 fully saturated rings. The van der Waals surface area contributed by atoms with E-state index in [2.05, 4.69) is 5.32 Å². The van der Waals surface area contributed by atoms with Gasteiger partial charge in [-0.25, -0.2) is 0 Å². The second-order valence-electron chi connectivity index (χ2n) is 4.51. The molecule has 0 radical (unpaired) electrons. The number of hydrogen-bond acceptors (Lipinski definition) is 4. The minimum atomic E-state index is -0.569. The Balaban J connectivity index is 2.43. The number of esters is 1. The fourth-order valence-electron chi connectivity index (χ4n) is 1.50. The van der Waals surface area contributed by atoms with Crippen LogP contribution in [0.25, 0.3) is 0 Å². The van der Waals surface area contributed by atoms with Crippen LogP contribution in [-0.4, -0.2) is 49.9 Å². The minimum absolute atomic E-state index is 0.0245. The topological polar surface area (TPSA) is 75.7 Å². The Labute approximate surface area is 138 Å². The van der Waals surface area contributed by atoms with Crippen molar-refractivity contribution >= 4 is 41.0 Å². The van der Waals surface area contributed by atoms with Gasteiger partial charge in [0.25, 0.3) is 5.91 Å². The molecule has 0 heterocycles. The van der Waals surface area contributed by atoms with Crippen LogP contribution in [0.15, 0.2) is 18.2 Å². The van der Waals surface area contributed by atoms with Gasteiger partial charge in [0.05, 0.1) is 23.0 Å². The van der Waals surface area contributed by atoms with E-state index in [1.54, 1.807) is 18.2 Å². The Bertz CT molecular complexity index is 578. The van der Waals surface area contributed by atoms with Crippen molar-refractivity contribution in [2.75, 3.05) is 27.2 Å². The van der Waals surface area contributed by atoms with Crippen molar-refractivity contribution in [3.63, 3.8) is 0 Å². The molecule has 0 saturated heterocycles. The highest BCUT2D eigenvalue weighted by atomic mass is 35.5. The molecule has 22 heavy (non-hydrogen) atoms. The Morgan fingerprint density at radius 3 is 2.50 bits per heavy atom. The van der Waals surface area contributed by atoms with Gasteiger partial charge in [0.15, 0.2) is 6.61 Å². The van der Waals surface area contributed by atoms with Crippen molar-refractivity contribution in [3.8, 4) is 0 Å². The monoisotopic (exact) mass is 346 g/mol. The summed E-state index contributed by atoms with van der Waals surface area (Å²) in [6.45, 7) is -0.521. The van der Waals surface area contributed by atoms with Gasteiger partial charge in [-0.1, -0.05) is 29.3 Å². The zero-order chi connectivity index (χ0) is 16.7. The first-order valence-corrected chi connectivity index (χ1v) is 7.13. The van der Waals surface area contributed by atoms with Crippen LogP contribution in [0.1, 0.15) is 5.56 Å². The molecule has 120 valence electrons. The summed E-state index contributed by atoms with van der Waals surface area (Å²) < 4.78 is 4.88. The molecule has 1 aromatic rings. The van der Waals surface area contributed by atoms with Crippen LogP contribution in [0, 0.1) is 0 Å². The minimum Gasteiger partial charge on any atom is -0.455 e. The number of rotatable bonds is 6. The summed E-state index contributed by atoms with van der Waals surface area (Å²) in [7, 11) is 2.92. The first-order valence-electron chi connectivity index (χ1n) is 6.37. The van der Waals surface area contributed by atoms with Gasteiger partial charge in [-0.15, -0.1) is 0 Å². The van der Waals surface area contributed by atoms with Gasteiger partial charge in [-0.3, -0.25) is 14.4 Å². The van der Waals surface area contributed by atoms with Crippen LogP contribution in [0.2, 0.25) is 10.0 Å². The number of nitrogens with zero attached hydrogens (tertiary/aromatic N) is 1. The van der Waals surface area contributed by atoms with Gasteiger partial charge < -0.3 is 15.0 Å². The Morgan fingerprint density at radius 1 is 1.23 bits per heavy atom. The predicted molar refractivity (Wildman–Crippen MR) is 82.8 cm³/mol. The van der Waals surface area contributed by atoms with E-state index in [1.165, 1.54) is 19.0 Å². The van der Waals surface area contributed by atoms with Crippen molar-refractivity contribution in [1.82, 2.24) is 10.2 Å². The highest BCUT2D eigenvalue weighted by Crippen LogP contribution is 2.22. The molecule has 0 atom stereocenters. The number of halogens is 2. The molecule has 0 aliphatic heterocycles. The summed E-state index contributed by atoms with van der Waals surface area (Å²) in [4.78, 5) is 35.6. The lowest BCUT2D eigenvalue weighted by molar-refractivity contribution is -0.151. The number of ether oxygens (including phenoxy) is 1. The van der Waals surface area contributed by atoms with Crippen LogP contribution in [0.5, 0.6) is 0 Å². The van der Waals surface area contributed by atoms with E-state index >= 15 is 0 Å². The molecule has 1 rings (SSSR count). The standard InChI is InChI=1S/C14H16Cl2N2O4/c1-17-12(19)7-18(2)13(20)8-22-14(21)6-9-3-4-10(15)11(16)5-9/h3-5H,6-8H2,1-2H3,(H,17,19). The normalized spacial score (nSPS) is 10.0. The number of carbonyl (C=O) groups excluding carboxylic acids is 3. The molecule has 0 spiro atoms. The van der Waals surface area contributed by atoms with Crippen molar-refractivity contribution in [3.05, 3.63) is 33.8 Å². The van der Waals surface area contributed by atoms with Crippen molar-refractivity contribution in [2.24, 2.45) is 0 Å². The fourth-order valence-corrected chi connectivity index (χ4v) is 1.82. The Kier molecular flexibility index (Phi) is 7.14. The van der Waals surface area contributed by atoms with Crippen molar-refractivity contribution in [1.29, 1.82) is 0 Å². The number of benzene rings is 1. The van der Waals surface area contributed by atoms with Gasteiger partial charge in [0.1, 0.15) is 0 Å². The lowest BCUT2D eigenvalue weighted by atomic mass is 10.1. The molecular formula is C14H16Cl2N2O4. The molecule has 1 N–H and O–H groups in total. The first kappa shape index (κ1) is 18.3. The number of amides is 2. The van der Waals surface area contributed by atoms with E-state index in [0.29, 0.717) is 15.6 Å². The molecule has 0 bridgehead atoms. The average molecular weight is 347 g/mol. The Hall–Kier alpha value is -1.79. The summed E-state index contributed by atoms with van der Waals surface area (Å²) >= 11 is 11.6. The van der Waals surface area contributed by atoms with Gasteiger partial charge in [0, 0.05) is 14.1 Å². The van der Waals surface area contributed by atoms with Gasteiger partial charge in [-0.2, -0.15) is 0 Å². The van der Waals surface area contributed by atoms with E-state index < -0.39 is 18.5 Å². The molecule has 0 aromatic heterocycles. The SMILES string of the molecule is CNC(=O)CN(C)C(=O)COC(=O)Cc1ccc(Cl)c(Cl)c1. The predicted octanol–water partition coefficient (Wildman–Crippen LogP) is 1.28. The molecule has 8 heteroatoms. The van der Waals surface area contributed by atoms with E-state index in [4.69, 9.17) is 27.9 Å². The van der Waals surface area contributed by atoms with Gasteiger partial charge >= 0.3 is 5.97 Å². The molecule has 2 amide bonds. The van der Waals surface area contributed by atoms with Crippen molar-refractivity contribution < 1.29 is 19.1 Å². The third kappa shape index (κ3) is 5.91. The van der Waals surface area contributed by atoms with Crippen molar-refractivity contribution in [2.45, 2.75) is 6.42 Å². The van der Waals surface area contributed by atoms with E-state index in [1.807, 2.05) is 0 Å². The Morgan fingerprint density at radius 2 is 1.91 bits per heavy atom. The van der Waals surface area contributed by atoms with Gasteiger partial charge in [-0.05, 0) is 17.7 Å². The van der Waals surface area contributed by atoms with Crippen LogP contribution < -0.4 is 5.32 Å². The number of hydrogen-bond donors (Lipinski definition) is 1. The first-order chi connectivity index (χ1) is 10.3. The second-order valence-corrected chi connectivity index (χ2v) is 5.32. The average Bonchev–Trinajstić information content (AvgIpc) is 2.48. The van der Waals surface area contributed by atoms with Crippen LogP contribution >= 0.6 is 23.2 Å². The summed E-state index contributed by atoms with van der Waals surface area (Å²) in [5, 5.41) is 3.13. The third-order valence-corrected chi connectivity index (χ3v) is 3.51. The molecule has 0 unspecified atom stereocenters. The number of likely N-dealkylation sites (N-methyl/N-ethyl adjacent to an activating group) is 2. The van der Waals surface area contributed by atoms with E-state index in [-0.39, 0.29) is 18.9 Å². The number of carbonyl (C=O) groups is 3. The van der Waals surface area contributed by atoms with Crippen LogP contribution in [0.4, 0.5) is 0 Å². The largest absolute Gasteiger partial charge is 0.455 e. The maximum atomic E-state index is 11.7. The summed E-state index contributed by atoms with van der Waals surface area (Å²) in [6.07, 6.45) is -0.0245. The highest BCUT2D eigenvalue weighted by molar-refractivity contribution is 6.42. The third-order valence-electron chi connectivity index (χ3n) is 2.77. The fraction of sp³-hybridized carbons (Fsp3) is 0.357. The van der Waals surface area contributed by atoms with Gasteiger partial charge in [0.2, 0.25) is 5.91 Å².